The molecule has 0 bridgehead atoms. The summed E-state index contributed by atoms with van der Waals surface area (Å²) in [5.74, 6) is 0.190. The van der Waals surface area contributed by atoms with E-state index in [2.05, 4.69) is 20.8 Å². The molecule has 0 saturated carbocycles. The number of carbonyl (C=O) groups is 1. The smallest absolute Gasteiger partial charge is 0.427 e. The van der Waals surface area contributed by atoms with Crippen LogP contribution in [-0.2, 0) is 11.3 Å². The molecule has 2 atom stereocenters. The van der Waals surface area contributed by atoms with E-state index < -0.39 is 13.2 Å². The van der Waals surface area contributed by atoms with Gasteiger partial charge in [-0.05, 0) is 47.8 Å². The van der Waals surface area contributed by atoms with Crippen LogP contribution in [0, 0.1) is 0 Å². The van der Waals surface area contributed by atoms with E-state index in [-0.39, 0.29) is 30.9 Å². The van der Waals surface area contributed by atoms with Crippen LogP contribution in [0.2, 0.25) is 11.3 Å². The fraction of sp³-hybridized carbons (Fsp3) is 0.500. The van der Waals surface area contributed by atoms with E-state index in [9.17, 15) is 4.79 Å². The van der Waals surface area contributed by atoms with Crippen molar-refractivity contribution in [2.45, 2.75) is 51.1 Å². The summed E-state index contributed by atoms with van der Waals surface area (Å²) >= 11 is 5.88. The van der Waals surface area contributed by atoms with Crippen LogP contribution in [0.15, 0.2) is 24.3 Å². The first-order valence-electron chi connectivity index (χ1n) is 8.79. The third kappa shape index (κ3) is 7.73. The number of hydrogen-bond donors (Lipinski definition) is 4. The Morgan fingerprint density at radius 3 is 2.64 bits per heavy atom. The van der Waals surface area contributed by atoms with Crippen molar-refractivity contribution in [3.63, 3.8) is 0 Å². The maximum absolute atomic E-state index is 12.3. The van der Waals surface area contributed by atoms with E-state index in [1.54, 1.807) is 12.1 Å². The number of tetrazole rings is 1. The molecule has 1 unspecified atom stereocenters. The van der Waals surface area contributed by atoms with Crippen molar-refractivity contribution < 1.29 is 14.8 Å². The summed E-state index contributed by atoms with van der Waals surface area (Å²) in [5.41, 5.74) is 7.04. The summed E-state index contributed by atoms with van der Waals surface area (Å²) in [4.78, 5) is 12.3. The molecule has 0 spiro atoms. The lowest BCUT2D eigenvalue weighted by Gasteiger charge is -2.15. The number of hydrogen-bond acceptors (Lipinski definition) is 7. The molecule has 1 aromatic heterocycles. The molecular weight excluding hydrogens is 406 g/mol. The fourth-order valence-electron chi connectivity index (χ4n) is 2.67. The minimum atomic E-state index is -1.31. The quantitative estimate of drug-likeness (QED) is 0.328. The lowest BCUT2D eigenvalue weighted by Crippen LogP contribution is -2.31. The Hall–Kier alpha value is -1.72. The number of nitrogens with one attached hydrogen (secondary N) is 1. The van der Waals surface area contributed by atoms with E-state index in [1.165, 1.54) is 4.68 Å². The van der Waals surface area contributed by atoms with Gasteiger partial charge in [0.15, 0.2) is 5.82 Å². The highest BCUT2D eigenvalue weighted by atomic mass is 35.5. The standard InChI is InChI=1S/C16H24BClN6O3.ClH/c1-11(12-5-7-13(18)8-6-12)20-15(25)10-24-16(21-22-23-24)14(19)4-2-3-9-17(26)27;/h5-8,11,14,26-27H,2-4,9-10,19H2,1H3,(H,20,25);1H/t11-,14?;/m0./s1. The molecule has 9 nitrogen and oxygen atoms in total. The van der Waals surface area contributed by atoms with Gasteiger partial charge in [-0.3, -0.25) is 4.79 Å². The zero-order valence-electron chi connectivity index (χ0n) is 15.5. The number of nitrogens with zero attached hydrogens (tertiary/aromatic N) is 4. The average molecular weight is 431 g/mol. The highest BCUT2D eigenvalue weighted by molar-refractivity contribution is 6.40. The third-order valence-electron chi connectivity index (χ3n) is 4.16. The van der Waals surface area contributed by atoms with Gasteiger partial charge in [0.2, 0.25) is 5.91 Å². The number of aromatic nitrogens is 4. The van der Waals surface area contributed by atoms with Crippen molar-refractivity contribution in [1.82, 2.24) is 25.5 Å². The van der Waals surface area contributed by atoms with Gasteiger partial charge in [-0.15, -0.1) is 17.5 Å². The van der Waals surface area contributed by atoms with Crippen molar-refractivity contribution in [1.29, 1.82) is 0 Å². The van der Waals surface area contributed by atoms with E-state index in [0.717, 1.165) is 5.56 Å². The van der Waals surface area contributed by atoms with Crippen molar-refractivity contribution in [3.05, 3.63) is 40.7 Å². The average Bonchev–Trinajstić information content (AvgIpc) is 3.06. The Kier molecular flexibility index (Phi) is 10.4. The van der Waals surface area contributed by atoms with E-state index in [0.29, 0.717) is 36.4 Å². The summed E-state index contributed by atoms with van der Waals surface area (Å²) in [5, 5.41) is 32.6. The Balaban J connectivity index is 0.00000392. The number of carbonyl (C=O) groups excluding carboxylic acids is 1. The van der Waals surface area contributed by atoms with Crippen LogP contribution in [0.3, 0.4) is 0 Å². The Morgan fingerprint density at radius 2 is 2.00 bits per heavy atom. The molecule has 0 fully saturated rings. The Labute approximate surface area is 175 Å². The molecule has 0 radical (unpaired) electrons. The van der Waals surface area contributed by atoms with E-state index in [4.69, 9.17) is 27.4 Å². The molecule has 2 rings (SSSR count). The topological polar surface area (TPSA) is 139 Å². The third-order valence-corrected chi connectivity index (χ3v) is 4.41. The molecule has 0 saturated heterocycles. The van der Waals surface area contributed by atoms with Gasteiger partial charge in [0, 0.05) is 5.02 Å². The maximum atomic E-state index is 12.3. The molecule has 154 valence electrons. The molecule has 1 amide bonds. The molecule has 1 aromatic carbocycles. The van der Waals surface area contributed by atoms with Crippen LogP contribution < -0.4 is 11.1 Å². The van der Waals surface area contributed by atoms with E-state index in [1.807, 2.05) is 19.1 Å². The van der Waals surface area contributed by atoms with Gasteiger partial charge in [-0.25, -0.2) is 4.68 Å². The fourth-order valence-corrected chi connectivity index (χ4v) is 2.79. The molecule has 12 heteroatoms. The molecule has 28 heavy (non-hydrogen) atoms. The van der Waals surface area contributed by atoms with Gasteiger partial charge in [-0.1, -0.05) is 36.6 Å². The lowest BCUT2D eigenvalue weighted by atomic mass is 9.83. The van der Waals surface area contributed by atoms with Crippen LogP contribution in [-0.4, -0.2) is 43.3 Å². The van der Waals surface area contributed by atoms with E-state index >= 15 is 0 Å². The molecule has 5 N–H and O–H groups in total. The molecular formula is C16H25BCl2N6O3. The van der Waals surface area contributed by atoms with Gasteiger partial charge >= 0.3 is 7.12 Å². The van der Waals surface area contributed by atoms with Gasteiger partial charge in [0.25, 0.3) is 0 Å². The maximum Gasteiger partial charge on any atom is 0.451 e. The largest absolute Gasteiger partial charge is 0.451 e. The number of nitrogens with two attached hydrogens (primary N) is 1. The lowest BCUT2D eigenvalue weighted by molar-refractivity contribution is -0.122. The highest BCUT2D eigenvalue weighted by Crippen LogP contribution is 2.17. The Morgan fingerprint density at radius 1 is 1.32 bits per heavy atom. The number of unbranched alkanes of at least 4 members (excludes halogenated alkanes) is 1. The predicted molar refractivity (Wildman–Crippen MR) is 109 cm³/mol. The second-order valence-electron chi connectivity index (χ2n) is 6.41. The number of halogens is 2. The van der Waals surface area contributed by atoms with Crippen LogP contribution >= 0.6 is 24.0 Å². The van der Waals surface area contributed by atoms with Gasteiger partial charge < -0.3 is 21.1 Å². The number of rotatable bonds is 10. The second kappa shape index (κ2) is 12.0. The first kappa shape index (κ1) is 24.3. The first-order chi connectivity index (χ1) is 12.9. The van der Waals surface area contributed by atoms with Crippen LogP contribution in [0.5, 0.6) is 0 Å². The van der Waals surface area contributed by atoms with Crippen molar-refractivity contribution in [2.75, 3.05) is 0 Å². The zero-order chi connectivity index (χ0) is 19.8. The summed E-state index contributed by atoms with van der Waals surface area (Å²) in [6, 6.07) is 6.64. The summed E-state index contributed by atoms with van der Waals surface area (Å²) < 4.78 is 1.38. The SMILES string of the molecule is C[C@H](NC(=O)Cn1nnnc1C(N)CCCCB(O)O)c1ccc(Cl)cc1.Cl. The second-order valence-corrected chi connectivity index (χ2v) is 6.84. The zero-order valence-corrected chi connectivity index (χ0v) is 17.1. The predicted octanol–water partition coefficient (Wildman–Crippen LogP) is 1.27. The Bertz CT molecular complexity index is 731. The molecule has 1 heterocycles. The van der Waals surface area contributed by atoms with Crippen molar-refractivity contribution >= 4 is 37.0 Å². The van der Waals surface area contributed by atoms with Crippen molar-refractivity contribution in [2.24, 2.45) is 5.73 Å². The van der Waals surface area contributed by atoms with Crippen LogP contribution in [0.25, 0.3) is 0 Å². The molecule has 2 aromatic rings. The number of benzene rings is 1. The first-order valence-corrected chi connectivity index (χ1v) is 9.17. The van der Waals surface area contributed by atoms with Crippen LogP contribution in [0.1, 0.15) is 49.7 Å². The molecule has 0 aliphatic carbocycles. The minimum absolute atomic E-state index is 0. The van der Waals surface area contributed by atoms with Crippen molar-refractivity contribution in [3.8, 4) is 0 Å². The monoisotopic (exact) mass is 430 g/mol. The van der Waals surface area contributed by atoms with Gasteiger partial charge in [0.05, 0.1) is 12.1 Å². The van der Waals surface area contributed by atoms with Crippen LogP contribution in [0.4, 0.5) is 0 Å². The highest BCUT2D eigenvalue weighted by Gasteiger charge is 2.18. The normalized spacial score (nSPS) is 12.8. The minimum Gasteiger partial charge on any atom is -0.427 e. The summed E-state index contributed by atoms with van der Waals surface area (Å²) in [6.45, 7) is 1.84. The molecule has 0 aliphatic heterocycles. The summed E-state index contributed by atoms with van der Waals surface area (Å²) in [6.07, 6.45) is 2.20. The molecule has 0 aliphatic rings. The van der Waals surface area contributed by atoms with Gasteiger partial charge in [0.1, 0.15) is 6.54 Å². The van der Waals surface area contributed by atoms with Gasteiger partial charge in [-0.2, -0.15) is 0 Å². The number of amides is 1. The summed E-state index contributed by atoms with van der Waals surface area (Å²) in [7, 11) is -1.31.